The van der Waals surface area contributed by atoms with Gasteiger partial charge in [-0.25, -0.2) is 0 Å². The lowest BCUT2D eigenvalue weighted by Gasteiger charge is -2.36. The monoisotopic (exact) mass is 257 g/mol. The topological polar surface area (TPSA) is 3.24 Å². The van der Waals surface area contributed by atoms with E-state index >= 15 is 0 Å². The molecule has 19 heavy (non-hydrogen) atoms. The highest BCUT2D eigenvalue weighted by Crippen LogP contribution is 2.42. The SMILES string of the molecule is CN1C2CC[C@@H]1CC(c1ccc(C(C)(C)C)cc1)C2. The largest absolute Gasteiger partial charge is 0.300 e. The van der Waals surface area contributed by atoms with Crippen LogP contribution in [-0.2, 0) is 5.41 Å². The number of benzene rings is 1. The first-order chi connectivity index (χ1) is 8.95. The molecule has 2 unspecified atom stereocenters. The van der Waals surface area contributed by atoms with Crippen LogP contribution in [0.15, 0.2) is 24.3 Å². The zero-order valence-corrected chi connectivity index (χ0v) is 12.8. The van der Waals surface area contributed by atoms with Crippen LogP contribution in [0, 0.1) is 0 Å². The summed E-state index contributed by atoms with van der Waals surface area (Å²) in [5.74, 6) is 0.794. The molecular formula is C18H27N. The van der Waals surface area contributed by atoms with Gasteiger partial charge in [-0.1, -0.05) is 45.0 Å². The van der Waals surface area contributed by atoms with Gasteiger partial charge in [0, 0.05) is 12.1 Å². The molecule has 0 amide bonds. The van der Waals surface area contributed by atoms with Crippen molar-refractivity contribution in [3.63, 3.8) is 0 Å². The van der Waals surface area contributed by atoms with E-state index in [0.29, 0.717) is 0 Å². The first-order valence-corrected chi connectivity index (χ1v) is 7.77. The van der Waals surface area contributed by atoms with E-state index in [-0.39, 0.29) is 5.41 Å². The average molecular weight is 257 g/mol. The smallest absolute Gasteiger partial charge is 0.0102 e. The fraction of sp³-hybridized carbons (Fsp3) is 0.667. The van der Waals surface area contributed by atoms with Crippen LogP contribution < -0.4 is 0 Å². The molecule has 0 N–H and O–H groups in total. The average Bonchev–Trinajstić information content (AvgIpc) is 2.61. The molecule has 0 aromatic heterocycles. The summed E-state index contributed by atoms with van der Waals surface area (Å²) >= 11 is 0. The summed E-state index contributed by atoms with van der Waals surface area (Å²) in [6, 6.07) is 11.1. The summed E-state index contributed by atoms with van der Waals surface area (Å²) in [7, 11) is 2.32. The molecule has 2 aliphatic rings. The van der Waals surface area contributed by atoms with Gasteiger partial charge in [0.2, 0.25) is 0 Å². The van der Waals surface area contributed by atoms with Crippen molar-refractivity contribution in [1.82, 2.24) is 4.90 Å². The van der Waals surface area contributed by atoms with E-state index in [2.05, 4.69) is 57.0 Å². The number of rotatable bonds is 1. The summed E-state index contributed by atoms with van der Waals surface area (Å²) in [5.41, 5.74) is 3.29. The number of nitrogens with zero attached hydrogens (tertiary/aromatic N) is 1. The molecule has 0 saturated carbocycles. The van der Waals surface area contributed by atoms with E-state index in [1.54, 1.807) is 5.56 Å². The van der Waals surface area contributed by atoms with Gasteiger partial charge < -0.3 is 4.90 Å². The van der Waals surface area contributed by atoms with Crippen LogP contribution in [0.2, 0.25) is 0 Å². The predicted octanol–water partition coefficient (Wildman–Crippen LogP) is 4.32. The van der Waals surface area contributed by atoms with E-state index < -0.39 is 0 Å². The van der Waals surface area contributed by atoms with Crippen LogP contribution in [-0.4, -0.2) is 24.0 Å². The summed E-state index contributed by atoms with van der Waals surface area (Å²) in [4.78, 5) is 2.63. The highest BCUT2D eigenvalue weighted by atomic mass is 15.2. The molecule has 2 heterocycles. The molecule has 2 saturated heterocycles. The van der Waals surface area contributed by atoms with Crippen LogP contribution in [0.4, 0.5) is 0 Å². The van der Waals surface area contributed by atoms with E-state index in [4.69, 9.17) is 0 Å². The number of hydrogen-bond donors (Lipinski definition) is 0. The maximum atomic E-state index is 2.63. The highest BCUT2D eigenvalue weighted by Gasteiger charge is 2.38. The molecule has 2 fully saturated rings. The van der Waals surface area contributed by atoms with Crippen LogP contribution >= 0.6 is 0 Å². The third kappa shape index (κ3) is 2.45. The van der Waals surface area contributed by atoms with Crippen molar-refractivity contribution in [1.29, 1.82) is 0 Å². The highest BCUT2D eigenvalue weighted by molar-refractivity contribution is 5.30. The van der Waals surface area contributed by atoms with Gasteiger partial charge in [-0.05, 0) is 55.2 Å². The fourth-order valence-corrected chi connectivity index (χ4v) is 3.94. The Morgan fingerprint density at radius 3 is 1.95 bits per heavy atom. The molecule has 104 valence electrons. The minimum absolute atomic E-state index is 0.268. The maximum Gasteiger partial charge on any atom is 0.0102 e. The van der Waals surface area contributed by atoms with Gasteiger partial charge >= 0.3 is 0 Å². The Bertz CT molecular complexity index is 426. The molecule has 2 aliphatic heterocycles. The van der Waals surface area contributed by atoms with Crippen molar-refractivity contribution < 1.29 is 0 Å². The minimum atomic E-state index is 0.268. The molecule has 3 atom stereocenters. The zero-order chi connectivity index (χ0) is 13.6. The van der Waals surface area contributed by atoms with Crippen molar-refractivity contribution in [3.8, 4) is 0 Å². The Labute approximate surface area is 118 Å². The van der Waals surface area contributed by atoms with Gasteiger partial charge in [-0.15, -0.1) is 0 Å². The first-order valence-electron chi connectivity index (χ1n) is 7.77. The Morgan fingerprint density at radius 1 is 0.947 bits per heavy atom. The van der Waals surface area contributed by atoms with Crippen LogP contribution in [0.3, 0.4) is 0 Å². The van der Waals surface area contributed by atoms with E-state index in [1.165, 1.54) is 31.2 Å². The maximum absolute atomic E-state index is 2.63. The molecule has 1 aromatic rings. The number of fused-ring (bicyclic) bond motifs is 2. The molecule has 2 bridgehead atoms. The molecule has 0 radical (unpaired) electrons. The molecule has 0 spiro atoms. The lowest BCUT2D eigenvalue weighted by molar-refractivity contribution is 0.161. The van der Waals surface area contributed by atoms with Crippen molar-refractivity contribution >= 4 is 0 Å². The van der Waals surface area contributed by atoms with E-state index in [1.807, 2.05) is 0 Å². The Balaban J connectivity index is 1.77. The predicted molar refractivity (Wildman–Crippen MR) is 81.7 cm³/mol. The van der Waals surface area contributed by atoms with Crippen LogP contribution in [0.1, 0.15) is 63.5 Å². The molecule has 0 aliphatic carbocycles. The van der Waals surface area contributed by atoms with Gasteiger partial charge in [0.25, 0.3) is 0 Å². The quantitative estimate of drug-likeness (QED) is 0.724. The van der Waals surface area contributed by atoms with E-state index in [0.717, 1.165) is 18.0 Å². The molecular weight excluding hydrogens is 230 g/mol. The van der Waals surface area contributed by atoms with Gasteiger partial charge in [0.15, 0.2) is 0 Å². The van der Waals surface area contributed by atoms with Gasteiger partial charge in [-0.2, -0.15) is 0 Å². The molecule has 1 heteroatoms. The van der Waals surface area contributed by atoms with E-state index in [9.17, 15) is 0 Å². The van der Waals surface area contributed by atoms with Crippen molar-refractivity contribution in [2.45, 2.75) is 69.9 Å². The number of piperidine rings is 1. The Hall–Kier alpha value is -0.820. The third-order valence-electron chi connectivity index (χ3n) is 5.35. The zero-order valence-electron chi connectivity index (χ0n) is 12.8. The Morgan fingerprint density at radius 2 is 1.47 bits per heavy atom. The second-order valence-electron chi connectivity index (χ2n) is 7.59. The summed E-state index contributed by atoms with van der Waals surface area (Å²) in [5, 5.41) is 0. The van der Waals surface area contributed by atoms with Crippen LogP contribution in [0.25, 0.3) is 0 Å². The molecule has 3 rings (SSSR count). The fourth-order valence-electron chi connectivity index (χ4n) is 3.94. The third-order valence-corrected chi connectivity index (χ3v) is 5.35. The van der Waals surface area contributed by atoms with Crippen molar-refractivity contribution in [2.75, 3.05) is 7.05 Å². The minimum Gasteiger partial charge on any atom is -0.300 e. The van der Waals surface area contributed by atoms with Crippen molar-refractivity contribution in [2.24, 2.45) is 0 Å². The summed E-state index contributed by atoms with van der Waals surface area (Å²) in [6.07, 6.45) is 5.55. The summed E-state index contributed by atoms with van der Waals surface area (Å²) < 4.78 is 0. The molecule has 1 aromatic carbocycles. The van der Waals surface area contributed by atoms with Gasteiger partial charge in [-0.3, -0.25) is 0 Å². The number of hydrogen-bond acceptors (Lipinski definition) is 1. The molecule has 1 nitrogen and oxygen atoms in total. The standard InChI is InChI=1S/C18H27N/c1-18(2,3)15-7-5-13(6-8-15)14-11-16-9-10-17(12-14)19(16)4/h5-8,14,16-17H,9-12H2,1-4H3/t14?,16-,17?/m1/s1. The summed E-state index contributed by atoms with van der Waals surface area (Å²) in [6.45, 7) is 6.87. The Kier molecular flexibility index (Phi) is 3.21. The van der Waals surface area contributed by atoms with Crippen molar-refractivity contribution in [3.05, 3.63) is 35.4 Å². The second-order valence-corrected chi connectivity index (χ2v) is 7.59. The normalized spacial score (nSPS) is 31.7. The van der Waals surface area contributed by atoms with Gasteiger partial charge in [0.1, 0.15) is 0 Å². The first kappa shape index (κ1) is 13.2. The lowest BCUT2D eigenvalue weighted by Crippen LogP contribution is -2.39. The van der Waals surface area contributed by atoms with Gasteiger partial charge in [0.05, 0.1) is 0 Å². The second kappa shape index (κ2) is 4.63. The lowest BCUT2D eigenvalue weighted by atomic mass is 9.82. The van der Waals surface area contributed by atoms with Crippen LogP contribution in [0.5, 0.6) is 0 Å².